The van der Waals surface area contributed by atoms with E-state index >= 15 is 0 Å². The number of carboxylic acid groups (broad SMARTS) is 2. The first kappa shape index (κ1) is 36.5. The van der Waals surface area contributed by atoms with Gasteiger partial charge in [0.1, 0.15) is 24.2 Å². The largest absolute Gasteiger partial charge is 0.481 e. The Kier molecular flexibility index (Phi) is 15.4. The van der Waals surface area contributed by atoms with Crippen LogP contribution in [0.2, 0.25) is 0 Å². The Hall–Kier alpha value is -4.52. The number of hydrogen-bond acceptors (Lipinski definition) is 11. The lowest BCUT2D eigenvalue weighted by atomic mass is 10.1. The Labute approximate surface area is 246 Å². The van der Waals surface area contributed by atoms with E-state index < -0.39 is 91.2 Å². The number of aliphatic carboxylic acids is 2. The topological polar surface area (TPSA) is 319 Å². The van der Waals surface area contributed by atoms with Crippen LogP contribution in [-0.2, 0) is 38.3 Å². The number of esters is 1. The third-order valence-corrected chi connectivity index (χ3v) is 6.21. The Morgan fingerprint density at radius 1 is 0.953 bits per heavy atom. The number of nitrogens with one attached hydrogen (secondary N) is 3. The van der Waals surface area contributed by atoms with Gasteiger partial charge in [0.2, 0.25) is 23.6 Å². The third-order valence-electron chi connectivity index (χ3n) is 6.21. The zero-order valence-corrected chi connectivity index (χ0v) is 23.7. The van der Waals surface area contributed by atoms with Crippen molar-refractivity contribution >= 4 is 47.5 Å². The van der Waals surface area contributed by atoms with Crippen LogP contribution >= 0.6 is 0 Å². The van der Waals surface area contributed by atoms with Gasteiger partial charge in [-0.25, -0.2) is 4.79 Å². The highest BCUT2D eigenvalue weighted by atomic mass is 16.5. The maximum absolute atomic E-state index is 13.4. The van der Waals surface area contributed by atoms with Crippen LogP contribution in [0.5, 0.6) is 0 Å². The van der Waals surface area contributed by atoms with Crippen LogP contribution in [0.1, 0.15) is 45.4 Å². The molecule has 19 heteroatoms. The molecule has 0 aromatic heterocycles. The van der Waals surface area contributed by atoms with Gasteiger partial charge in [-0.1, -0.05) is 0 Å². The van der Waals surface area contributed by atoms with Gasteiger partial charge in [0.15, 0.2) is 5.96 Å². The molecule has 19 nitrogen and oxygen atoms in total. The Morgan fingerprint density at radius 3 is 2.14 bits per heavy atom. The number of ether oxygens (including phenoxy) is 1. The first-order valence-corrected chi connectivity index (χ1v) is 13.4. The standard InChI is InChI=1S/C24H40N8O11/c1-2-43-23(42)13(5-3-7-28-24(26)27)29-21(40)16-6-4-8-32(16)22(41)14(10-18(36)37)30-20(39)15(11-33)31-19(38)12(25)9-17(34)35/h12-16,33H,2-11,25H2,1H3,(H,29,40)(H,30,39)(H,31,38)(H,34,35)(H,36,37)(H4,26,27,28). The van der Waals surface area contributed by atoms with Crippen LogP contribution in [0.4, 0.5) is 0 Å². The number of nitrogens with two attached hydrogens (primary N) is 3. The molecule has 0 radical (unpaired) electrons. The molecule has 1 aliphatic rings. The van der Waals surface area contributed by atoms with Crippen molar-refractivity contribution in [3.63, 3.8) is 0 Å². The highest BCUT2D eigenvalue weighted by Crippen LogP contribution is 2.20. The van der Waals surface area contributed by atoms with Crippen LogP contribution in [0, 0.1) is 0 Å². The van der Waals surface area contributed by atoms with E-state index in [0.717, 1.165) is 4.90 Å². The number of hydrogen-bond donors (Lipinski definition) is 9. The SMILES string of the molecule is CCOC(=O)C(CCCN=C(N)N)NC(=O)C1CCCN1C(=O)C(CC(=O)O)NC(=O)C(CO)NC(=O)C(N)CC(=O)O. The van der Waals surface area contributed by atoms with E-state index in [4.69, 9.17) is 27.0 Å². The highest BCUT2D eigenvalue weighted by molar-refractivity contribution is 5.97. The van der Waals surface area contributed by atoms with Crippen LogP contribution < -0.4 is 33.2 Å². The minimum Gasteiger partial charge on any atom is -0.481 e. The maximum atomic E-state index is 13.4. The molecule has 0 bridgehead atoms. The fourth-order valence-electron chi connectivity index (χ4n) is 4.17. The summed E-state index contributed by atoms with van der Waals surface area (Å²) < 4.78 is 5.02. The second-order valence-electron chi connectivity index (χ2n) is 9.56. The van der Waals surface area contributed by atoms with E-state index in [9.17, 15) is 43.8 Å². The minimum atomic E-state index is -1.71. The summed E-state index contributed by atoms with van der Waals surface area (Å²) in [6, 6.07) is -7.16. The van der Waals surface area contributed by atoms with Crippen LogP contribution in [-0.4, -0.2) is 124 Å². The van der Waals surface area contributed by atoms with Crippen LogP contribution in [0.25, 0.3) is 0 Å². The molecule has 43 heavy (non-hydrogen) atoms. The molecule has 5 unspecified atom stereocenters. The molecule has 4 amide bonds. The smallest absolute Gasteiger partial charge is 0.328 e. The lowest BCUT2D eigenvalue weighted by molar-refractivity contribution is -0.149. The first-order valence-electron chi connectivity index (χ1n) is 13.4. The summed E-state index contributed by atoms with van der Waals surface area (Å²) >= 11 is 0. The fraction of sp³-hybridized carbons (Fsp3) is 0.667. The molecule has 0 aromatic carbocycles. The van der Waals surface area contributed by atoms with Crippen LogP contribution in [0.15, 0.2) is 4.99 Å². The van der Waals surface area contributed by atoms with Gasteiger partial charge >= 0.3 is 17.9 Å². The predicted octanol–water partition coefficient (Wildman–Crippen LogP) is -4.68. The zero-order valence-electron chi connectivity index (χ0n) is 23.7. The van der Waals surface area contributed by atoms with Crippen molar-refractivity contribution in [3.8, 4) is 0 Å². The number of aliphatic hydroxyl groups excluding tert-OH is 1. The molecule has 0 aromatic rings. The summed E-state index contributed by atoms with van der Waals surface area (Å²) in [5, 5.41) is 34.5. The summed E-state index contributed by atoms with van der Waals surface area (Å²) in [4.78, 5) is 91.1. The van der Waals surface area contributed by atoms with Crippen molar-refractivity contribution < 1.29 is 53.6 Å². The summed E-state index contributed by atoms with van der Waals surface area (Å²) in [6.45, 7) is 0.853. The molecule has 0 aliphatic carbocycles. The van der Waals surface area contributed by atoms with E-state index in [1.54, 1.807) is 6.92 Å². The molecule has 12 N–H and O–H groups in total. The van der Waals surface area contributed by atoms with Crippen molar-refractivity contribution in [1.29, 1.82) is 0 Å². The first-order chi connectivity index (χ1) is 20.2. The van der Waals surface area contributed by atoms with E-state index in [1.807, 2.05) is 5.32 Å². The number of carbonyl (C=O) groups excluding carboxylic acids is 5. The molecule has 0 spiro atoms. The molecule has 0 saturated carbocycles. The van der Waals surface area contributed by atoms with E-state index in [2.05, 4.69) is 15.6 Å². The number of carboxylic acids is 2. The van der Waals surface area contributed by atoms with Crippen LogP contribution in [0.3, 0.4) is 0 Å². The van der Waals surface area contributed by atoms with Gasteiger partial charge in [-0.2, -0.15) is 0 Å². The second-order valence-corrected chi connectivity index (χ2v) is 9.56. The Balaban J connectivity index is 3.03. The summed E-state index contributed by atoms with van der Waals surface area (Å²) in [5.41, 5.74) is 16.0. The summed E-state index contributed by atoms with van der Waals surface area (Å²) in [5.74, 6) is -7.59. The average Bonchev–Trinajstić information content (AvgIpc) is 3.41. The molecule has 1 heterocycles. The van der Waals surface area contributed by atoms with E-state index in [1.165, 1.54) is 0 Å². The Morgan fingerprint density at radius 2 is 1.58 bits per heavy atom. The van der Waals surface area contributed by atoms with E-state index in [-0.39, 0.29) is 38.5 Å². The normalized spacial score (nSPS) is 17.0. The van der Waals surface area contributed by atoms with Gasteiger partial charge < -0.3 is 58.1 Å². The third kappa shape index (κ3) is 12.5. The molecule has 1 fully saturated rings. The van der Waals surface area contributed by atoms with Crippen molar-refractivity contribution in [2.45, 2.75) is 75.7 Å². The van der Waals surface area contributed by atoms with Gasteiger partial charge in [-0.15, -0.1) is 0 Å². The van der Waals surface area contributed by atoms with Gasteiger partial charge in [0, 0.05) is 13.1 Å². The van der Waals surface area contributed by atoms with Crippen molar-refractivity contribution in [2.24, 2.45) is 22.2 Å². The lowest BCUT2D eigenvalue weighted by Crippen LogP contribution is -2.59. The van der Waals surface area contributed by atoms with Gasteiger partial charge in [-0.05, 0) is 32.6 Å². The number of nitrogens with zero attached hydrogens (tertiary/aromatic N) is 2. The molecule has 1 saturated heterocycles. The summed E-state index contributed by atoms with van der Waals surface area (Å²) in [6.07, 6.45) is -0.724. The van der Waals surface area contributed by atoms with Gasteiger partial charge in [0.05, 0.1) is 32.1 Å². The van der Waals surface area contributed by atoms with Crippen molar-refractivity contribution in [2.75, 3.05) is 26.3 Å². The average molecular weight is 617 g/mol. The highest BCUT2D eigenvalue weighted by Gasteiger charge is 2.40. The number of aliphatic imine (C=N–C) groups is 1. The molecular weight excluding hydrogens is 576 g/mol. The number of guanidine groups is 1. The number of carbonyl (C=O) groups is 7. The van der Waals surface area contributed by atoms with Gasteiger partial charge in [0.25, 0.3) is 0 Å². The fourth-order valence-corrected chi connectivity index (χ4v) is 4.17. The number of rotatable bonds is 18. The summed E-state index contributed by atoms with van der Waals surface area (Å²) in [7, 11) is 0. The minimum absolute atomic E-state index is 0.0294. The number of aliphatic hydroxyl groups is 1. The molecule has 5 atom stereocenters. The monoisotopic (exact) mass is 616 g/mol. The second kappa shape index (κ2) is 18.1. The van der Waals surface area contributed by atoms with Gasteiger partial charge in [-0.3, -0.25) is 33.8 Å². The Bertz CT molecular complexity index is 1070. The number of likely N-dealkylation sites (tertiary alicyclic amines) is 1. The molecule has 1 aliphatic heterocycles. The number of amides is 4. The van der Waals surface area contributed by atoms with E-state index in [0.29, 0.717) is 12.8 Å². The molecule has 242 valence electrons. The van der Waals surface area contributed by atoms with Crippen molar-refractivity contribution in [3.05, 3.63) is 0 Å². The predicted molar refractivity (Wildman–Crippen MR) is 147 cm³/mol. The molecule has 1 rings (SSSR count). The lowest BCUT2D eigenvalue weighted by Gasteiger charge is -2.30. The quantitative estimate of drug-likeness (QED) is 0.0302. The maximum Gasteiger partial charge on any atom is 0.328 e. The zero-order chi connectivity index (χ0) is 32.7. The van der Waals surface area contributed by atoms with Crippen molar-refractivity contribution in [1.82, 2.24) is 20.9 Å². The molecular formula is C24H40N8O11.